The second kappa shape index (κ2) is 8.02. The predicted octanol–water partition coefficient (Wildman–Crippen LogP) is 5.78. The number of anilines is 1. The van der Waals surface area contributed by atoms with E-state index in [4.69, 9.17) is 4.99 Å². The number of phenolic OH excluding ortho intramolecular Hbond substituents is 1. The van der Waals surface area contributed by atoms with Crippen LogP contribution < -0.4 is 10.9 Å². The molecule has 0 amide bonds. The van der Waals surface area contributed by atoms with E-state index < -0.39 is 0 Å². The molecule has 6 rings (SSSR count). The number of rotatable bonds is 2. The monoisotopic (exact) mass is 461 g/mol. The summed E-state index contributed by atoms with van der Waals surface area (Å²) in [5, 5.41) is 28.3. The van der Waals surface area contributed by atoms with Gasteiger partial charge in [0.2, 0.25) is 0 Å². The number of aliphatic imine (C=N–C) groups is 1. The first-order valence-electron chi connectivity index (χ1n) is 11.5. The highest BCUT2D eigenvalue weighted by Gasteiger charge is 2.28. The van der Waals surface area contributed by atoms with Gasteiger partial charge in [-0.25, -0.2) is 0 Å². The Kier molecular flexibility index (Phi) is 4.81. The van der Waals surface area contributed by atoms with Crippen molar-refractivity contribution in [3.05, 3.63) is 106 Å². The minimum Gasteiger partial charge on any atom is -0.508 e. The van der Waals surface area contributed by atoms with E-state index >= 15 is 0 Å². The van der Waals surface area contributed by atoms with Crippen LogP contribution in [-0.2, 0) is 7.05 Å². The topological polar surface area (TPSA) is 86.9 Å². The van der Waals surface area contributed by atoms with Gasteiger partial charge in [0, 0.05) is 24.4 Å². The van der Waals surface area contributed by atoms with Crippen LogP contribution in [0.2, 0.25) is 0 Å². The molecule has 4 aromatic carbocycles. The maximum absolute atomic E-state index is 13.5. The molecule has 35 heavy (non-hydrogen) atoms. The Labute approximate surface area is 201 Å². The zero-order chi connectivity index (χ0) is 24.1. The normalized spacial score (nSPS) is 15.3. The highest BCUT2D eigenvalue weighted by Crippen LogP contribution is 2.41. The first kappa shape index (κ1) is 21.0. The zero-order valence-corrected chi connectivity index (χ0v) is 19.1. The summed E-state index contributed by atoms with van der Waals surface area (Å²) in [6.45, 7) is 0. The average molecular weight is 462 g/mol. The summed E-state index contributed by atoms with van der Waals surface area (Å²) in [6, 6.07) is 25.9. The third kappa shape index (κ3) is 3.34. The molecular formula is C29H23N3O3. The molecule has 3 N–H and O–H groups in total. The molecule has 1 aromatic heterocycles. The summed E-state index contributed by atoms with van der Waals surface area (Å²) in [5.41, 5.74) is 3.15. The van der Waals surface area contributed by atoms with Crippen LogP contribution in [0, 0.1) is 0 Å². The van der Waals surface area contributed by atoms with Crippen molar-refractivity contribution in [1.82, 2.24) is 4.57 Å². The van der Waals surface area contributed by atoms with Crippen molar-refractivity contribution in [3.8, 4) is 11.5 Å². The van der Waals surface area contributed by atoms with Gasteiger partial charge in [0.05, 0.1) is 28.6 Å². The second-order valence-electron chi connectivity index (χ2n) is 8.80. The number of nitrogens with zero attached hydrogens (tertiary/aromatic N) is 2. The van der Waals surface area contributed by atoms with Crippen molar-refractivity contribution >= 4 is 38.8 Å². The largest absolute Gasteiger partial charge is 0.508 e. The van der Waals surface area contributed by atoms with Crippen LogP contribution in [0.3, 0.4) is 0 Å². The molecule has 172 valence electrons. The van der Waals surface area contributed by atoms with Gasteiger partial charge in [-0.2, -0.15) is 0 Å². The molecule has 1 aliphatic rings. The van der Waals surface area contributed by atoms with E-state index in [-0.39, 0.29) is 35.1 Å². The fourth-order valence-electron chi connectivity index (χ4n) is 5.04. The van der Waals surface area contributed by atoms with E-state index in [1.807, 2.05) is 72.8 Å². The van der Waals surface area contributed by atoms with E-state index in [0.29, 0.717) is 22.3 Å². The number of fused-ring (bicyclic) bond motifs is 3. The first-order valence-corrected chi connectivity index (χ1v) is 11.5. The lowest BCUT2D eigenvalue weighted by Gasteiger charge is -2.22. The van der Waals surface area contributed by atoms with E-state index in [2.05, 4.69) is 5.32 Å². The van der Waals surface area contributed by atoms with Crippen molar-refractivity contribution in [2.24, 2.45) is 12.0 Å². The molecule has 1 atom stereocenters. The summed E-state index contributed by atoms with van der Waals surface area (Å²) >= 11 is 0. The summed E-state index contributed by atoms with van der Waals surface area (Å²) < 4.78 is 1.54. The van der Waals surface area contributed by atoms with Crippen LogP contribution >= 0.6 is 0 Å². The van der Waals surface area contributed by atoms with Crippen LogP contribution in [0.15, 0.2) is 94.7 Å². The number of phenols is 1. The van der Waals surface area contributed by atoms with Gasteiger partial charge in [-0.15, -0.1) is 0 Å². The molecule has 0 bridgehead atoms. The SMILES string of the molecule is Cn1c(=O)c(C2=Nc3ccccc3NC(c3c(O)ccc4ccccc34)C2)c(O)c2ccccc21. The molecule has 0 saturated carbocycles. The lowest BCUT2D eigenvalue weighted by atomic mass is 9.92. The summed E-state index contributed by atoms with van der Waals surface area (Å²) in [7, 11) is 1.70. The quantitative estimate of drug-likeness (QED) is 0.311. The fraction of sp³-hybridized carbons (Fsp3) is 0.103. The predicted molar refractivity (Wildman–Crippen MR) is 140 cm³/mol. The molecular weight excluding hydrogens is 438 g/mol. The molecule has 2 heterocycles. The van der Waals surface area contributed by atoms with Crippen LogP contribution in [0.1, 0.15) is 23.6 Å². The fourth-order valence-corrected chi connectivity index (χ4v) is 5.04. The van der Waals surface area contributed by atoms with E-state index in [0.717, 1.165) is 22.0 Å². The Bertz CT molecular complexity index is 1720. The maximum Gasteiger partial charge on any atom is 0.263 e. The van der Waals surface area contributed by atoms with Crippen molar-refractivity contribution in [1.29, 1.82) is 0 Å². The number of hydrogen-bond acceptors (Lipinski definition) is 5. The third-order valence-electron chi connectivity index (χ3n) is 6.75. The Morgan fingerprint density at radius 2 is 1.60 bits per heavy atom. The second-order valence-corrected chi connectivity index (χ2v) is 8.80. The number of pyridine rings is 1. The molecule has 1 unspecified atom stereocenters. The Balaban J connectivity index is 1.62. The van der Waals surface area contributed by atoms with Gasteiger partial charge >= 0.3 is 0 Å². The van der Waals surface area contributed by atoms with Crippen LogP contribution in [0.5, 0.6) is 11.5 Å². The van der Waals surface area contributed by atoms with Gasteiger partial charge in [0.1, 0.15) is 17.1 Å². The Morgan fingerprint density at radius 3 is 2.46 bits per heavy atom. The molecule has 0 aliphatic carbocycles. The first-order chi connectivity index (χ1) is 17.0. The van der Waals surface area contributed by atoms with Crippen LogP contribution in [-0.4, -0.2) is 20.5 Å². The van der Waals surface area contributed by atoms with Gasteiger partial charge < -0.3 is 20.1 Å². The lowest BCUT2D eigenvalue weighted by molar-refractivity contribution is 0.466. The van der Waals surface area contributed by atoms with Crippen LogP contribution in [0.25, 0.3) is 21.7 Å². The summed E-state index contributed by atoms with van der Waals surface area (Å²) in [6.07, 6.45) is 0.289. The van der Waals surface area contributed by atoms with Gasteiger partial charge in [0.15, 0.2) is 0 Å². The molecule has 6 heteroatoms. The van der Waals surface area contributed by atoms with Crippen molar-refractivity contribution in [3.63, 3.8) is 0 Å². The standard InChI is InChI=1S/C29H23N3O3/c1-32-24-13-7-4-10-19(24)28(34)27(29(32)35)23-16-22(30-20-11-5-6-12-21(20)31-23)26-18-9-3-2-8-17(18)14-15-25(26)33/h2-15,22,30,33-34H,16H2,1H3. The third-order valence-corrected chi connectivity index (χ3v) is 6.75. The van der Waals surface area contributed by atoms with Gasteiger partial charge in [-0.3, -0.25) is 9.79 Å². The number of aryl methyl sites for hydroxylation is 1. The Hall–Kier alpha value is -4.58. The molecule has 0 saturated heterocycles. The number of hydrogen-bond donors (Lipinski definition) is 3. The van der Waals surface area contributed by atoms with E-state index in [1.54, 1.807) is 23.7 Å². The van der Waals surface area contributed by atoms with Crippen LogP contribution in [0.4, 0.5) is 11.4 Å². The number of benzene rings is 4. The lowest BCUT2D eigenvalue weighted by Crippen LogP contribution is -2.26. The number of nitrogens with one attached hydrogen (secondary N) is 1. The summed E-state index contributed by atoms with van der Waals surface area (Å²) in [5.74, 6) is 0.0817. The summed E-state index contributed by atoms with van der Waals surface area (Å²) in [4.78, 5) is 18.4. The molecule has 0 radical (unpaired) electrons. The van der Waals surface area contributed by atoms with Gasteiger partial charge in [0.25, 0.3) is 5.56 Å². The highest BCUT2D eigenvalue weighted by atomic mass is 16.3. The van der Waals surface area contributed by atoms with Crippen molar-refractivity contribution in [2.75, 3.05) is 5.32 Å². The van der Waals surface area contributed by atoms with Gasteiger partial charge in [-0.05, 0) is 41.1 Å². The van der Waals surface area contributed by atoms with Crippen molar-refractivity contribution < 1.29 is 10.2 Å². The number of para-hydroxylation sites is 3. The Morgan fingerprint density at radius 1 is 0.886 bits per heavy atom. The van der Waals surface area contributed by atoms with E-state index in [9.17, 15) is 15.0 Å². The van der Waals surface area contributed by atoms with Gasteiger partial charge in [-0.1, -0.05) is 54.6 Å². The smallest absolute Gasteiger partial charge is 0.263 e. The van der Waals surface area contributed by atoms with Crippen molar-refractivity contribution in [2.45, 2.75) is 12.5 Å². The average Bonchev–Trinajstić information content (AvgIpc) is 3.07. The minimum atomic E-state index is -0.390. The molecule has 1 aliphatic heterocycles. The molecule has 0 fully saturated rings. The molecule has 0 spiro atoms. The molecule has 5 aromatic rings. The highest BCUT2D eigenvalue weighted by molar-refractivity contribution is 6.09. The van der Waals surface area contributed by atoms with E-state index in [1.165, 1.54) is 0 Å². The number of aromatic hydroxyl groups is 2. The molecule has 6 nitrogen and oxygen atoms in total. The number of aromatic nitrogens is 1. The maximum atomic E-state index is 13.5. The zero-order valence-electron chi connectivity index (χ0n) is 19.1. The minimum absolute atomic E-state index is 0.0808.